The lowest BCUT2D eigenvalue weighted by Crippen LogP contribution is -2.27. The third kappa shape index (κ3) is 1.58. The number of benzene rings is 1. The van der Waals surface area contributed by atoms with Crippen molar-refractivity contribution in [2.45, 2.75) is 38.0 Å². The fourth-order valence-electron chi connectivity index (χ4n) is 3.30. The molecule has 0 aliphatic heterocycles. The van der Waals surface area contributed by atoms with Gasteiger partial charge < -0.3 is 0 Å². The van der Waals surface area contributed by atoms with E-state index in [4.69, 9.17) is 11.6 Å². The summed E-state index contributed by atoms with van der Waals surface area (Å²) < 4.78 is 0. The van der Waals surface area contributed by atoms with Gasteiger partial charge in [0.15, 0.2) is 5.78 Å². The first-order chi connectivity index (χ1) is 7.75. The molecule has 0 aromatic heterocycles. The molecule has 0 heterocycles. The molecule has 0 saturated heterocycles. The summed E-state index contributed by atoms with van der Waals surface area (Å²) in [5.41, 5.74) is 2.14. The van der Waals surface area contributed by atoms with E-state index in [9.17, 15) is 4.79 Å². The second-order valence-electron chi connectivity index (χ2n) is 5.01. The molecule has 2 aliphatic carbocycles. The second kappa shape index (κ2) is 3.89. The van der Waals surface area contributed by atoms with Crippen molar-refractivity contribution < 1.29 is 4.79 Å². The van der Waals surface area contributed by atoms with Gasteiger partial charge in [-0.25, -0.2) is 0 Å². The third-order valence-electron chi connectivity index (χ3n) is 4.07. The van der Waals surface area contributed by atoms with E-state index in [-0.39, 0.29) is 0 Å². The summed E-state index contributed by atoms with van der Waals surface area (Å²) in [4.78, 5) is 12.0. The highest BCUT2D eigenvalue weighted by molar-refractivity contribution is 6.31. The van der Waals surface area contributed by atoms with Gasteiger partial charge in [-0.05, 0) is 42.4 Å². The summed E-state index contributed by atoms with van der Waals surface area (Å²) in [6.45, 7) is 0. The zero-order valence-electron chi connectivity index (χ0n) is 9.21. The first kappa shape index (κ1) is 10.3. The van der Waals surface area contributed by atoms with E-state index in [0.717, 1.165) is 12.0 Å². The Balaban J connectivity index is 2.08. The van der Waals surface area contributed by atoms with E-state index in [1.54, 1.807) is 0 Å². The monoisotopic (exact) mass is 234 g/mol. The van der Waals surface area contributed by atoms with Crippen LogP contribution in [0.3, 0.4) is 0 Å². The molecular formula is C14H15ClO. The Bertz CT molecular complexity index is 438. The Morgan fingerprint density at radius 3 is 2.88 bits per heavy atom. The molecule has 1 aromatic rings. The Labute approximate surface area is 101 Å². The van der Waals surface area contributed by atoms with Crippen molar-refractivity contribution in [2.24, 2.45) is 5.92 Å². The predicted octanol–water partition coefficient (Wildman–Crippen LogP) is 4.20. The van der Waals surface area contributed by atoms with Crippen LogP contribution in [0.2, 0.25) is 5.02 Å². The Hall–Kier alpha value is -0.820. The summed E-state index contributed by atoms with van der Waals surface area (Å²) in [5.74, 6) is 1.49. The van der Waals surface area contributed by atoms with Crippen LogP contribution >= 0.6 is 11.6 Å². The minimum atomic E-state index is 0.292. The number of rotatable bonds is 0. The van der Waals surface area contributed by atoms with Gasteiger partial charge in [-0.1, -0.05) is 30.5 Å². The molecule has 0 bridgehead atoms. The minimum Gasteiger partial charge on any atom is -0.294 e. The summed E-state index contributed by atoms with van der Waals surface area (Å²) >= 11 is 5.96. The lowest BCUT2D eigenvalue weighted by molar-refractivity contribution is 0.0919. The molecule has 0 spiro atoms. The number of hydrogen-bond donors (Lipinski definition) is 0. The quantitative estimate of drug-likeness (QED) is 0.658. The molecule has 0 unspecified atom stereocenters. The van der Waals surface area contributed by atoms with Gasteiger partial charge in [-0.3, -0.25) is 4.79 Å². The predicted molar refractivity (Wildman–Crippen MR) is 65.1 cm³/mol. The van der Waals surface area contributed by atoms with Crippen LogP contribution in [-0.4, -0.2) is 5.78 Å². The molecular weight excluding hydrogens is 220 g/mol. The average molecular weight is 235 g/mol. The molecule has 16 heavy (non-hydrogen) atoms. The summed E-state index contributed by atoms with van der Waals surface area (Å²) in [6.07, 6.45) is 5.79. The van der Waals surface area contributed by atoms with Gasteiger partial charge >= 0.3 is 0 Å². The van der Waals surface area contributed by atoms with Crippen LogP contribution in [0.5, 0.6) is 0 Å². The van der Waals surface area contributed by atoms with Crippen LogP contribution in [0.4, 0.5) is 0 Å². The van der Waals surface area contributed by atoms with Gasteiger partial charge in [0, 0.05) is 17.0 Å². The maximum atomic E-state index is 12.0. The largest absolute Gasteiger partial charge is 0.294 e. The van der Waals surface area contributed by atoms with Crippen LogP contribution in [-0.2, 0) is 0 Å². The van der Waals surface area contributed by atoms with Gasteiger partial charge in [-0.2, -0.15) is 0 Å². The summed E-state index contributed by atoms with van der Waals surface area (Å²) in [5, 5.41) is 0.682. The Morgan fingerprint density at radius 1 is 1.19 bits per heavy atom. The highest BCUT2D eigenvalue weighted by atomic mass is 35.5. The van der Waals surface area contributed by atoms with Gasteiger partial charge in [0.1, 0.15) is 0 Å². The second-order valence-corrected chi connectivity index (χ2v) is 5.45. The summed E-state index contributed by atoms with van der Waals surface area (Å²) in [6, 6.07) is 5.84. The number of carbonyl (C=O) groups is 1. The molecule has 2 aliphatic rings. The van der Waals surface area contributed by atoms with Crippen LogP contribution in [0.1, 0.15) is 53.9 Å². The Morgan fingerprint density at radius 2 is 2.00 bits per heavy atom. The average Bonchev–Trinajstić information content (AvgIpc) is 2.29. The van der Waals surface area contributed by atoms with E-state index in [1.165, 1.54) is 31.2 Å². The van der Waals surface area contributed by atoms with E-state index in [2.05, 4.69) is 6.07 Å². The molecule has 0 amide bonds. The van der Waals surface area contributed by atoms with Gasteiger partial charge in [0.2, 0.25) is 0 Å². The lowest BCUT2D eigenvalue weighted by atomic mass is 9.68. The summed E-state index contributed by atoms with van der Waals surface area (Å²) in [7, 11) is 0. The first-order valence-electron chi connectivity index (χ1n) is 6.08. The number of Topliss-reactive ketones (excluding diaryl/α,β-unsaturated/α-hetero) is 1. The van der Waals surface area contributed by atoms with Crippen LogP contribution in [0.15, 0.2) is 18.2 Å². The molecule has 84 valence electrons. The van der Waals surface area contributed by atoms with Crippen molar-refractivity contribution in [3.63, 3.8) is 0 Å². The molecule has 3 rings (SSSR count). The van der Waals surface area contributed by atoms with E-state index in [0.29, 0.717) is 22.6 Å². The standard InChI is InChI=1S/C14H15ClO/c15-10-5-6-12-11-4-2-1-3-9(11)7-14(16)13(12)8-10/h5-6,8-9,11H,1-4,7H2/t9-,11-/m1/s1. The van der Waals surface area contributed by atoms with Crippen molar-refractivity contribution in [1.82, 2.24) is 0 Å². The van der Waals surface area contributed by atoms with Crippen molar-refractivity contribution >= 4 is 17.4 Å². The molecule has 1 saturated carbocycles. The van der Waals surface area contributed by atoms with Gasteiger partial charge in [0.05, 0.1) is 0 Å². The topological polar surface area (TPSA) is 17.1 Å². The number of hydrogen-bond acceptors (Lipinski definition) is 1. The van der Waals surface area contributed by atoms with E-state index >= 15 is 0 Å². The molecule has 0 radical (unpaired) electrons. The van der Waals surface area contributed by atoms with E-state index in [1.807, 2.05) is 12.1 Å². The third-order valence-corrected chi connectivity index (χ3v) is 4.31. The maximum absolute atomic E-state index is 12.0. The molecule has 1 fully saturated rings. The molecule has 1 aromatic carbocycles. The van der Waals surface area contributed by atoms with Crippen LogP contribution < -0.4 is 0 Å². The number of ketones is 1. The van der Waals surface area contributed by atoms with Crippen molar-refractivity contribution in [3.05, 3.63) is 34.3 Å². The number of fused-ring (bicyclic) bond motifs is 3. The maximum Gasteiger partial charge on any atom is 0.163 e. The normalized spacial score (nSPS) is 28.4. The van der Waals surface area contributed by atoms with Crippen molar-refractivity contribution in [2.75, 3.05) is 0 Å². The molecule has 2 heteroatoms. The van der Waals surface area contributed by atoms with Gasteiger partial charge in [0.25, 0.3) is 0 Å². The molecule has 0 N–H and O–H groups in total. The lowest BCUT2D eigenvalue weighted by Gasteiger charge is -2.36. The number of carbonyl (C=O) groups excluding carboxylic acids is 1. The van der Waals surface area contributed by atoms with Gasteiger partial charge in [-0.15, -0.1) is 0 Å². The fraction of sp³-hybridized carbons (Fsp3) is 0.500. The van der Waals surface area contributed by atoms with Crippen molar-refractivity contribution in [1.29, 1.82) is 0 Å². The van der Waals surface area contributed by atoms with Crippen molar-refractivity contribution in [3.8, 4) is 0 Å². The minimum absolute atomic E-state index is 0.292. The smallest absolute Gasteiger partial charge is 0.163 e. The first-order valence-corrected chi connectivity index (χ1v) is 6.46. The molecule has 2 atom stereocenters. The Kier molecular flexibility index (Phi) is 2.51. The molecule has 1 nitrogen and oxygen atoms in total. The highest BCUT2D eigenvalue weighted by Gasteiger charge is 2.35. The van der Waals surface area contributed by atoms with Crippen LogP contribution in [0, 0.1) is 5.92 Å². The fourth-order valence-corrected chi connectivity index (χ4v) is 3.47. The van der Waals surface area contributed by atoms with E-state index < -0.39 is 0 Å². The van der Waals surface area contributed by atoms with Crippen LogP contribution in [0.25, 0.3) is 0 Å². The SMILES string of the molecule is O=C1C[C@H]2CCCC[C@H]2c2ccc(Cl)cc21. The number of halogens is 1. The zero-order chi connectivity index (χ0) is 11.1. The zero-order valence-corrected chi connectivity index (χ0v) is 9.96. The highest BCUT2D eigenvalue weighted by Crippen LogP contribution is 2.45.